The van der Waals surface area contributed by atoms with Crippen molar-refractivity contribution in [2.45, 2.75) is 6.18 Å². The van der Waals surface area contributed by atoms with Crippen molar-refractivity contribution in [3.63, 3.8) is 0 Å². The first kappa shape index (κ1) is 13.5. The first-order valence-electron chi connectivity index (χ1n) is 6.29. The van der Waals surface area contributed by atoms with Gasteiger partial charge in [-0.1, -0.05) is 12.1 Å². The summed E-state index contributed by atoms with van der Waals surface area (Å²) in [4.78, 5) is 13.5. The van der Waals surface area contributed by atoms with Crippen LogP contribution in [-0.4, -0.2) is 12.6 Å². The SMILES string of the molecule is O=C1NCN(c2ccc(C(F)(F)F)cc2)c2ccccc21. The summed E-state index contributed by atoms with van der Waals surface area (Å²) in [6.45, 7) is 0.223. The molecule has 0 fully saturated rings. The van der Waals surface area contributed by atoms with Crippen LogP contribution in [0.25, 0.3) is 0 Å². The molecule has 3 nitrogen and oxygen atoms in total. The van der Waals surface area contributed by atoms with Gasteiger partial charge in [-0.15, -0.1) is 0 Å². The highest BCUT2D eigenvalue weighted by Gasteiger charge is 2.30. The van der Waals surface area contributed by atoms with Crippen molar-refractivity contribution in [3.8, 4) is 0 Å². The van der Waals surface area contributed by atoms with E-state index in [4.69, 9.17) is 0 Å². The lowest BCUT2D eigenvalue weighted by Crippen LogP contribution is -2.40. The molecule has 0 unspecified atom stereocenters. The first-order valence-corrected chi connectivity index (χ1v) is 6.29. The number of para-hydroxylation sites is 1. The van der Waals surface area contributed by atoms with E-state index in [1.165, 1.54) is 12.1 Å². The number of nitrogens with one attached hydrogen (secondary N) is 1. The van der Waals surface area contributed by atoms with Gasteiger partial charge in [-0.3, -0.25) is 4.79 Å². The Morgan fingerprint density at radius 2 is 1.67 bits per heavy atom. The van der Waals surface area contributed by atoms with Gasteiger partial charge in [0.05, 0.1) is 23.5 Å². The largest absolute Gasteiger partial charge is 0.416 e. The number of rotatable bonds is 1. The Labute approximate surface area is 119 Å². The zero-order valence-corrected chi connectivity index (χ0v) is 10.8. The maximum absolute atomic E-state index is 12.6. The van der Waals surface area contributed by atoms with Gasteiger partial charge in [0.15, 0.2) is 0 Å². The quantitative estimate of drug-likeness (QED) is 0.872. The zero-order valence-electron chi connectivity index (χ0n) is 10.8. The molecule has 0 bridgehead atoms. The summed E-state index contributed by atoms with van der Waals surface area (Å²) in [5.74, 6) is -0.186. The fourth-order valence-electron chi connectivity index (χ4n) is 2.29. The average molecular weight is 292 g/mol. The number of anilines is 2. The van der Waals surface area contributed by atoms with Crippen LogP contribution < -0.4 is 10.2 Å². The van der Waals surface area contributed by atoms with E-state index in [1.807, 2.05) is 0 Å². The van der Waals surface area contributed by atoms with Crippen LogP contribution in [0.4, 0.5) is 24.5 Å². The van der Waals surface area contributed by atoms with Crippen LogP contribution in [0.5, 0.6) is 0 Å². The van der Waals surface area contributed by atoms with Crippen LogP contribution in [0.2, 0.25) is 0 Å². The first-order chi connectivity index (χ1) is 9.97. The van der Waals surface area contributed by atoms with Crippen molar-refractivity contribution in [1.82, 2.24) is 5.32 Å². The summed E-state index contributed by atoms with van der Waals surface area (Å²) in [7, 11) is 0. The average Bonchev–Trinajstić information content (AvgIpc) is 2.47. The standard InChI is InChI=1S/C15H11F3N2O/c16-15(17,18)10-5-7-11(8-6-10)20-9-19-14(21)12-3-1-2-4-13(12)20/h1-8H,9H2,(H,19,21). The molecule has 3 rings (SSSR count). The molecule has 2 aromatic rings. The van der Waals surface area contributed by atoms with E-state index in [2.05, 4.69) is 5.32 Å². The van der Waals surface area contributed by atoms with Crippen molar-refractivity contribution < 1.29 is 18.0 Å². The van der Waals surface area contributed by atoms with Gasteiger partial charge in [-0.2, -0.15) is 13.2 Å². The minimum atomic E-state index is -4.35. The minimum Gasteiger partial charge on any atom is -0.334 e. The number of nitrogens with zero attached hydrogens (tertiary/aromatic N) is 1. The van der Waals surface area contributed by atoms with Crippen molar-refractivity contribution in [2.75, 3.05) is 11.6 Å². The lowest BCUT2D eigenvalue weighted by atomic mass is 10.1. The van der Waals surface area contributed by atoms with Crippen molar-refractivity contribution in [2.24, 2.45) is 0 Å². The highest BCUT2D eigenvalue weighted by molar-refractivity contribution is 6.02. The van der Waals surface area contributed by atoms with Crippen LogP contribution in [0.15, 0.2) is 48.5 Å². The lowest BCUT2D eigenvalue weighted by molar-refractivity contribution is -0.137. The molecule has 0 atom stereocenters. The van der Waals surface area contributed by atoms with Gasteiger partial charge in [0.1, 0.15) is 0 Å². The number of fused-ring (bicyclic) bond motifs is 1. The maximum Gasteiger partial charge on any atom is 0.416 e. The van der Waals surface area contributed by atoms with E-state index in [0.29, 0.717) is 16.9 Å². The van der Waals surface area contributed by atoms with E-state index in [1.54, 1.807) is 29.2 Å². The molecular formula is C15H11F3N2O. The fourth-order valence-corrected chi connectivity index (χ4v) is 2.29. The summed E-state index contributed by atoms with van der Waals surface area (Å²) < 4.78 is 37.7. The molecule has 0 spiro atoms. The number of amides is 1. The molecule has 1 heterocycles. The van der Waals surface area contributed by atoms with Crippen LogP contribution >= 0.6 is 0 Å². The third-order valence-electron chi connectivity index (χ3n) is 3.34. The van der Waals surface area contributed by atoms with Gasteiger partial charge in [0.2, 0.25) is 0 Å². The number of hydrogen-bond acceptors (Lipinski definition) is 2. The van der Waals surface area contributed by atoms with E-state index < -0.39 is 11.7 Å². The molecule has 21 heavy (non-hydrogen) atoms. The molecule has 0 saturated carbocycles. The molecule has 1 aliphatic rings. The molecule has 1 aliphatic heterocycles. The van der Waals surface area contributed by atoms with Gasteiger partial charge < -0.3 is 10.2 Å². The number of carbonyl (C=O) groups excluding carboxylic acids is 1. The smallest absolute Gasteiger partial charge is 0.334 e. The van der Waals surface area contributed by atoms with Crippen molar-refractivity contribution in [1.29, 1.82) is 0 Å². The lowest BCUT2D eigenvalue weighted by Gasteiger charge is -2.31. The van der Waals surface area contributed by atoms with Crippen LogP contribution in [0.1, 0.15) is 15.9 Å². The second-order valence-corrected chi connectivity index (χ2v) is 4.65. The number of benzene rings is 2. The fraction of sp³-hybridized carbons (Fsp3) is 0.133. The van der Waals surface area contributed by atoms with E-state index >= 15 is 0 Å². The highest BCUT2D eigenvalue weighted by atomic mass is 19.4. The molecule has 1 N–H and O–H groups in total. The zero-order chi connectivity index (χ0) is 15.0. The molecule has 2 aromatic carbocycles. The molecular weight excluding hydrogens is 281 g/mol. The Balaban J connectivity index is 1.98. The highest BCUT2D eigenvalue weighted by Crippen LogP contribution is 2.34. The van der Waals surface area contributed by atoms with Crippen molar-refractivity contribution >= 4 is 17.3 Å². The van der Waals surface area contributed by atoms with Crippen LogP contribution in [0, 0.1) is 0 Å². The molecule has 0 saturated heterocycles. The van der Waals surface area contributed by atoms with Gasteiger partial charge in [-0.25, -0.2) is 0 Å². The summed E-state index contributed by atoms with van der Waals surface area (Å²) in [5, 5.41) is 2.70. The van der Waals surface area contributed by atoms with Gasteiger partial charge in [0.25, 0.3) is 5.91 Å². The van der Waals surface area contributed by atoms with E-state index in [0.717, 1.165) is 12.1 Å². The molecule has 0 aliphatic carbocycles. The number of carbonyl (C=O) groups is 1. The second kappa shape index (κ2) is 4.80. The summed E-state index contributed by atoms with van der Waals surface area (Å²) >= 11 is 0. The predicted molar refractivity (Wildman–Crippen MR) is 72.4 cm³/mol. The molecule has 1 amide bonds. The predicted octanol–water partition coefficient (Wildman–Crippen LogP) is 3.54. The van der Waals surface area contributed by atoms with Crippen molar-refractivity contribution in [3.05, 3.63) is 59.7 Å². The summed E-state index contributed by atoms with van der Waals surface area (Å²) in [5.41, 5.74) is 1.08. The van der Waals surface area contributed by atoms with E-state index in [9.17, 15) is 18.0 Å². The number of alkyl halides is 3. The van der Waals surface area contributed by atoms with Gasteiger partial charge in [0, 0.05) is 5.69 Å². The Hall–Kier alpha value is -2.50. The summed E-state index contributed by atoms with van der Waals surface area (Å²) in [6.07, 6.45) is -4.35. The third-order valence-corrected chi connectivity index (χ3v) is 3.34. The normalized spacial score (nSPS) is 14.6. The summed E-state index contributed by atoms with van der Waals surface area (Å²) in [6, 6.07) is 11.9. The van der Waals surface area contributed by atoms with E-state index in [-0.39, 0.29) is 12.6 Å². The molecule has 0 radical (unpaired) electrons. The number of halogens is 3. The van der Waals surface area contributed by atoms with Gasteiger partial charge in [-0.05, 0) is 36.4 Å². The third kappa shape index (κ3) is 2.44. The van der Waals surface area contributed by atoms with Gasteiger partial charge >= 0.3 is 6.18 Å². The maximum atomic E-state index is 12.6. The second-order valence-electron chi connectivity index (χ2n) is 4.65. The topological polar surface area (TPSA) is 32.3 Å². The minimum absolute atomic E-state index is 0.186. The Bertz CT molecular complexity index is 680. The Kier molecular flexibility index (Phi) is 3.08. The Morgan fingerprint density at radius 3 is 2.33 bits per heavy atom. The monoisotopic (exact) mass is 292 g/mol. The molecule has 0 aromatic heterocycles. The number of hydrogen-bond donors (Lipinski definition) is 1. The molecule has 6 heteroatoms. The van der Waals surface area contributed by atoms with Crippen LogP contribution in [0.3, 0.4) is 0 Å². The van der Waals surface area contributed by atoms with Crippen LogP contribution in [-0.2, 0) is 6.18 Å². The molecule has 108 valence electrons. The Morgan fingerprint density at radius 1 is 1.00 bits per heavy atom.